The van der Waals surface area contributed by atoms with Gasteiger partial charge in [0.05, 0.1) is 12.7 Å². The van der Waals surface area contributed by atoms with Gasteiger partial charge in [-0.3, -0.25) is 9.89 Å². The third-order valence-electron chi connectivity index (χ3n) is 3.32. The van der Waals surface area contributed by atoms with E-state index in [2.05, 4.69) is 10.2 Å². The number of likely N-dealkylation sites (tertiary alicyclic amines) is 1. The Hall–Kier alpha value is -1.94. The van der Waals surface area contributed by atoms with E-state index in [1.165, 1.54) is 7.05 Å². The minimum atomic E-state index is -4.11. The second kappa shape index (κ2) is 5.82. The molecule has 21 heavy (non-hydrogen) atoms. The molecule has 1 fully saturated rings. The Bertz CT molecular complexity index is 647. The lowest BCUT2D eigenvalue weighted by Crippen LogP contribution is -2.40. The molecule has 10 heteroatoms. The number of carbonyl (C=O) groups excluding carboxylic acids is 1. The number of likely N-dealkylation sites (N-methyl/N-ethyl adjacent to an activating group) is 1. The van der Waals surface area contributed by atoms with Crippen LogP contribution in [0.2, 0.25) is 0 Å². The first-order valence-electron chi connectivity index (χ1n) is 6.35. The summed E-state index contributed by atoms with van der Waals surface area (Å²) in [4.78, 5) is 24.5. The number of aromatic amines is 1. The van der Waals surface area contributed by atoms with Gasteiger partial charge in [0.2, 0.25) is 5.91 Å². The van der Waals surface area contributed by atoms with Crippen LogP contribution in [0.1, 0.15) is 23.2 Å². The van der Waals surface area contributed by atoms with Crippen LogP contribution in [0.4, 0.5) is 0 Å². The minimum absolute atomic E-state index is 0.296. The molecule has 1 saturated heterocycles. The van der Waals surface area contributed by atoms with E-state index < -0.39 is 26.6 Å². The fourth-order valence-corrected chi connectivity index (χ4v) is 3.30. The number of carboxylic acids is 1. The van der Waals surface area contributed by atoms with E-state index in [9.17, 15) is 18.0 Å². The summed E-state index contributed by atoms with van der Waals surface area (Å²) in [6, 6.07) is 0. The number of carbonyl (C=O) groups is 2. The number of carboxylic acid groups (broad SMARTS) is 1. The summed E-state index contributed by atoms with van der Waals surface area (Å²) in [5.74, 6) is -1.70. The van der Waals surface area contributed by atoms with Crippen LogP contribution in [0.5, 0.6) is 0 Å². The molecule has 1 aliphatic heterocycles. The van der Waals surface area contributed by atoms with Gasteiger partial charge in [-0.2, -0.15) is 9.40 Å². The average Bonchev–Trinajstić information content (AvgIpc) is 3.09. The molecule has 1 amide bonds. The van der Waals surface area contributed by atoms with E-state index in [4.69, 9.17) is 5.11 Å². The Kier molecular flexibility index (Phi) is 4.28. The van der Waals surface area contributed by atoms with Crippen molar-refractivity contribution in [3.63, 3.8) is 0 Å². The number of sulfonamides is 1. The van der Waals surface area contributed by atoms with E-state index in [1.54, 1.807) is 4.90 Å². The summed E-state index contributed by atoms with van der Waals surface area (Å²) in [6.45, 7) is 0.911. The van der Waals surface area contributed by atoms with Gasteiger partial charge in [0.15, 0.2) is 5.03 Å². The molecule has 1 aromatic heterocycles. The lowest BCUT2D eigenvalue weighted by Gasteiger charge is -2.20. The maximum absolute atomic E-state index is 12.3. The Morgan fingerprint density at radius 1 is 1.43 bits per heavy atom. The Labute approximate surface area is 121 Å². The van der Waals surface area contributed by atoms with Crippen molar-refractivity contribution in [3.8, 4) is 0 Å². The van der Waals surface area contributed by atoms with Crippen molar-refractivity contribution >= 4 is 21.9 Å². The fraction of sp³-hybridized carbons (Fsp3) is 0.545. The summed E-state index contributed by atoms with van der Waals surface area (Å²) < 4.78 is 25.4. The van der Waals surface area contributed by atoms with Crippen LogP contribution in [-0.4, -0.2) is 71.5 Å². The van der Waals surface area contributed by atoms with Crippen molar-refractivity contribution in [2.24, 2.45) is 0 Å². The molecule has 2 heterocycles. The molecule has 0 atom stereocenters. The molecule has 0 unspecified atom stereocenters. The first kappa shape index (κ1) is 15.4. The van der Waals surface area contributed by atoms with Crippen LogP contribution in [-0.2, 0) is 14.8 Å². The molecule has 0 aliphatic carbocycles. The lowest BCUT2D eigenvalue weighted by molar-refractivity contribution is -0.130. The molecule has 1 aliphatic rings. The molecule has 116 valence electrons. The van der Waals surface area contributed by atoms with Crippen LogP contribution in [0.3, 0.4) is 0 Å². The smallest absolute Gasteiger partial charge is 0.340 e. The molecule has 9 nitrogen and oxygen atoms in total. The summed E-state index contributed by atoms with van der Waals surface area (Å²) in [6.07, 6.45) is 2.74. The van der Waals surface area contributed by atoms with Crippen molar-refractivity contribution in [1.82, 2.24) is 19.4 Å². The first-order valence-corrected chi connectivity index (χ1v) is 7.79. The molecule has 2 N–H and O–H groups in total. The Morgan fingerprint density at radius 3 is 2.62 bits per heavy atom. The Balaban J connectivity index is 2.16. The fourth-order valence-electron chi connectivity index (χ4n) is 2.12. The van der Waals surface area contributed by atoms with Crippen molar-refractivity contribution < 1.29 is 23.1 Å². The summed E-state index contributed by atoms with van der Waals surface area (Å²) in [5, 5.41) is 14.0. The maximum atomic E-state index is 12.3. The molecule has 0 spiro atoms. The van der Waals surface area contributed by atoms with Gasteiger partial charge in [-0.1, -0.05) is 0 Å². The largest absolute Gasteiger partial charge is 0.478 e. The quantitative estimate of drug-likeness (QED) is 0.744. The minimum Gasteiger partial charge on any atom is -0.478 e. The van der Waals surface area contributed by atoms with E-state index in [-0.39, 0.29) is 12.5 Å². The van der Waals surface area contributed by atoms with Gasteiger partial charge in [0, 0.05) is 20.1 Å². The van der Waals surface area contributed by atoms with E-state index >= 15 is 0 Å². The normalized spacial score (nSPS) is 15.6. The monoisotopic (exact) mass is 316 g/mol. The van der Waals surface area contributed by atoms with Crippen LogP contribution >= 0.6 is 0 Å². The van der Waals surface area contributed by atoms with E-state index in [0.29, 0.717) is 13.1 Å². The van der Waals surface area contributed by atoms with Gasteiger partial charge in [0.1, 0.15) is 5.56 Å². The predicted molar refractivity (Wildman–Crippen MR) is 71.2 cm³/mol. The second-order valence-corrected chi connectivity index (χ2v) is 6.75. The Morgan fingerprint density at radius 2 is 2.05 bits per heavy atom. The number of aromatic carboxylic acids is 1. The van der Waals surface area contributed by atoms with Gasteiger partial charge < -0.3 is 10.0 Å². The molecule has 0 radical (unpaired) electrons. The number of rotatable bonds is 5. The highest BCUT2D eigenvalue weighted by atomic mass is 32.2. The van der Waals surface area contributed by atoms with E-state index in [0.717, 1.165) is 23.3 Å². The van der Waals surface area contributed by atoms with Crippen molar-refractivity contribution in [3.05, 3.63) is 11.8 Å². The number of H-pyrrole nitrogens is 1. The number of amides is 1. The van der Waals surface area contributed by atoms with Crippen molar-refractivity contribution in [2.75, 3.05) is 26.7 Å². The van der Waals surface area contributed by atoms with Crippen LogP contribution in [0.15, 0.2) is 11.2 Å². The molecule has 0 bridgehead atoms. The molecular weight excluding hydrogens is 300 g/mol. The maximum Gasteiger partial charge on any atom is 0.340 e. The lowest BCUT2D eigenvalue weighted by atomic mass is 10.4. The number of nitrogens with zero attached hydrogens (tertiary/aromatic N) is 3. The zero-order chi connectivity index (χ0) is 15.6. The van der Waals surface area contributed by atoms with Gasteiger partial charge in [0.25, 0.3) is 10.0 Å². The molecular formula is C11H16N4O5S. The molecule has 0 aromatic carbocycles. The SMILES string of the molecule is CN(CC(=O)N1CCCC1)S(=O)(=O)c1[nH]ncc1C(=O)O. The van der Waals surface area contributed by atoms with E-state index in [1.807, 2.05) is 0 Å². The third kappa shape index (κ3) is 3.05. The van der Waals surface area contributed by atoms with Gasteiger partial charge in [-0.15, -0.1) is 0 Å². The van der Waals surface area contributed by atoms with Crippen molar-refractivity contribution in [2.45, 2.75) is 17.9 Å². The summed E-state index contributed by atoms with van der Waals surface area (Å²) >= 11 is 0. The topological polar surface area (TPSA) is 124 Å². The average molecular weight is 316 g/mol. The van der Waals surface area contributed by atoms with Gasteiger partial charge in [-0.25, -0.2) is 13.2 Å². The zero-order valence-corrected chi connectivity index (χ0v) is 12.3. The molecule has 1 aromatic rings. The number of hydrogen-bond donors (Lipinski definition) is 2. The third-order valence-corrected chi connectivity index (χ3v) is 5.10. The number of hydrogen-bond acceptors (Lipinski definition) is 5. The van der Waals surface area contributed by atoms with Crippen LogP contribution < -0.4 is 0 Å². The van der Waals surface area contributed by atoms with Crippen molar-refractivity contribution in [1.29, 1.82) is 0 Å². The van der Waals surface area contributed by atoms with Gasteiger partial charge >= 0.3 is 5.97 Å². The standard InChI is InChI=1S/C11H16N4O5S/c1-14(7-9(16)15-4-2-3-5-15)21(19,20)10-8(11(17)18)6-12-13-10/h6H,2-5,7H2,1H3,(H,12,13)(H,17,18). The highest BCUT2D eigenvalue weighted by molar-refractivity contribution is 7.89. The predicted octanol–water partition coefficient (Wildman–Crippen LogP) is -0.649. The first-order chi connectivity index (χ1) is 9.84. The number of nitrogens with one attached hydrogen (secondary N) is 1. The van der Waals surface area contributed by atoms with Crippen LogP contribution in [0, 0.1) is 0 Å². The summed E-state index contributed by atoms with van der Waals surface area (Å²) in [5.41, 5.74) is -0.449. The van der Waals surface area contributed by atoms with Gasteiger partial charge in [-0.05, 0) is 12.8 Å². The molecule has 2 rings (SSSR count). The highest BCUT2D eigenvalue weighted by Gasteiger charge is 2.31. The zero-order valence-electron chi connectivity index (χ0n) is 11.4. The number of aromatic nitrogens is 2. The summed E-state index contributed by atoms with van der Waals surface area (Å²) in [7, 11) is -2.88. The molecule has 0 saturated carbocycles. The highest BCUT2D eigenvalue weighted by Crippen LogP contribution is 2.17. The second-order valence-electron chi connectivity index (χ2n) is 4.77. The van der Waals surface area contributed by atoms with Crippen LogP contribution in [0.25, 0.3) is 0 Å².